The maximum absolute atomic E-state index is 4.65. The van der Waals surface area contributed by atoms with Gasteiger partial charge in [0, 0.05) is 27.1 Å². The summed E-state index contributed by atoms with van der Waals surface area (Å²) in [5, 5.41) is 3.21. The molecule has 2 rings (SSSR count). The van der Waals surface area contributed by atoms with Crippen LogP contribution in [0.3, 0.4) is 0 Å². The van der Waals surface area contributed by atoms with Crippen molar-refractivity contribution in [2.45, 2.75) is 26.2 Å². The number of aryl methyl sites for hydroxylation is 1. The zero-order valence-electron chi connectivity index (χ0n) is 10.5. The molecule has 0 saturated carbocycles. The van der Waals surface area contributed by atoms with Crippen molar-refractivity contribution in [3.05, 3.63) is 11.9 Å². The summed E-state index contributed by atoms with van der Waals surface area (Å²) in [5.41, 5.74) is 0. The lowest BCUT2D eigenvalue weighted by molar-refractivity contribution is -0.666. The van der Waals surface area contributed by atoms with Crippen LogP contribution in [0.25, 0.3) is 0 Å². The molecule has 1 fully saturated rings. The molecule has 2 heterocycles. The van der Waals surface area contributed by atoms with Crippen LogP contribution in [0.15, 0.2) is 6.07 Å². The van der Waals surface area contributed by atoms with Gasteiger partial charge in [-0.2, -0.15) is 0 Å². The summed E-state index contributed by atoms with van der Waals surface area (Å²) in [6.07, 6.45) is 3.93. The topological polar surface area (TPSA) is 32.0 Å². The first-order valence-corrected chi connectivity index (χ1v) is 6.03. The van der Waals surface area contributed by atoms with E-state index in [9.17, 15) is 0 Å². The van der Waals surface area contributed by atoms with E-state index in [1.807, 2.05) is 21.0 Å². The van der Waals surface area contributed by atoms with Crippen molar-refractivity contribution < 1.29 is 4.57 Å². The Morgan fingerprint density at radius 2 is 2.00 bits per heavy atom. The minimum absolute atomic E-state index is 1.05. The van der Waals surface area contributed by atoms with E-state index in [0.29, 0.717) is 0 Å². The van der Waals surface area contributed by atoms with Crippen LogP contribution < -0.4 is 14.8 Å². The van der Waals surface area contributed by atoms with E-state index in [4.69, 9.17) is 0 Å². The first-order valence-electron chi connectivity index (χ1n) is 6.03. The Bertz CT molecular complexity index is 370. The molecular weight excluding hydrogens is 200 g/mol. The second kappa shape index (κ2) is 4.68. The molecular formula is C12H21N4+. The Balaban J connectivity index is 2.29. The third-order valence-electron chi connectivity index (χ3n) is 3.33. The molecule has 88 valence electrons. The van der Waals surface area contributed by atoms with Crippen molar-refractivity contribution in [1.82, 2.24) is 4.98 Å². The fourth-order valence-corrected chi connectivity index (χ4v) is 2.19. The largest absolute Gasteiger partial charge is 0.343 e. The zero-order chi connectivity index (χ0) is 11.5. The Morgan fingerprint density at radius 3 is 2.62 bits per heavy atom. The fraction of sp³-hybridized carbons (Fsp3) is 0.667. The highest BCUT2D eigenvalue weighted by molar-refractivity contribution is 5.46. The van der Waals surface area contributed by atoms with Crippen molar-refractivity contribution >= 4 is 11.6 Å². The van der Waals surface area contributed by atoms with E-state index < -0.39 is 0 Å². The lowest BCUT2D eigenvalue weighted by Crippen LogP contribution is -2.38. The average Bonchev–Trinajstić information content (AvgIpc) is 2.33. The summed E-state index contributed by atoms with van der Waals surface area (Å²) in [6, 6.07) is 2.14. The predicted molar refractivity (Wildman–Crippen MR) is 65.8 cm³/mol. The quantitative estimate of drug-likeness (QED) is 0.763. The maximum Gasteiger partial charge on any atom is 0.237 e. The van der Waals surface area contributed by atoms with E-state index >= 15 is 0 Å². The molecule has 1 saturated heterocycles. The molecule has 0 radical (unpaired) electrons. The van der Waals surface area contributed by atoms with Crippen LogP contribution in [0.5, 0.6) is 0 Å². The highest BCUT2D eigenvalue weighted by atomic mass is 15.2. The Hall–Kier alpha value is -1.32. The van der Waals surface area contributed by atoms with Gasteiger partial charge in [0.2, 0.25) is 17.5 Å². The molecule has 1 aliphatic heterocycles. The van der Waals surface area contributed by atoms with Crippen LogP contribution in [0.2, 0.25) is 0 Å². The van der Waals surface area contributed by atoms with Crippen LogP contribution in [-0.4, -0.2) is 25.1 Å². The Kier molecular flexibility index (Phi) is 3.27. The highest BCUT2D eigenvalue weighted by Crippen LogP contribution is 2.19. The molecule has 1 aliphatic rings. The summed E-state index contributed by atoms with van der Waals surface area (Å²) in [4.78, 5) is 7.04. The monoisotopic (exact) mass is 221 g/mol. The van der Waals surface area contributed by atoms with Crippen LogP contribution in [0, 0.1) is 6.92 Å². The Morgan fingerprint density at radius 1 is 1.31 bits per heavy atom. The maximum atomic E-state index is 4.65. The number of piperidine rings is 1. The molecule has 0 aliphatic carbocycles. The number of nitrogens with one attached hydrogen (secondary N) is 1. The summed E-state index contributed by atoms with van der Waals surface area (Å²) >= 11 is 0. The molecule has 1 aromatic rings. The molecule has 0 bridgehead atoms. The summed E-state index contributed by atoms with van der Waals surface area (Å²) < 4.78 is 2.08. The number of nitrogens with zero attached hydrogens (tertiary/aromatic N) is 3. The lowest BCUT2D eigenvalue weighted by Gasteiger charge is -2.26. The van der Waals surface area contributed by atoms with Gasteiger partial charge in [-0.3, -0.25) is 0 Å². The van der Waals surface area contributed by atoms with Crippen molar-refractivity contribution in [1.29, 1.82) is 0 Å². The van der Waals surface area contributed by atoms with Gasteiger partial charge in [-0.15, -0.1) is 0 Å². The normalized spacial score (nSPS) is 16.3. The molecule has 0 amide bonds. The molecule has 0 spiro atoms. The van der Waals surface area contributed by atoms with Gasteiger partial charge in [-0.1, -0.05) is 4.98 Å². The van der Waals surface area contributed by atoms with E-state index in [1.54, 1.807) is 0 Å². The molecule has 4 heteroatoms. The van der Waals surface area contributed by atoms with Gasteiger partial charge in [0.25, 0.3) is 0 Å². The number of aromatic nitrogens is 2. The van der Waals surface area contributed by atoms with E-state index in [1.165, 1.54) is 19.3 Å². The first-order chi connectivity index (χ1) is 7.72. The molecule has 4 nitrogen and oxygen atoms in total. The van der Waals surface area contributed by atoms with Gasteiger partial charge in [0.1, 0.15) is 0 Å². The molecule has 1 aromatic heterocycles. The molecule has 1 N–H and O–H groups in total. The average molecular weight is 221 g/mol. The van der Waals surface area contributed by atoms with Gasteiger partial charge in [-0.25, -0.2) is 4.57 Å². The molecule has 16 heavy (non-hydrogen) atoms. The minimum Gasteiger partial charge on any atom is -0.343 e. The van der Waals surface area contributed by atoms with Crippen molar-refractivity contribution in [2.24, 2.45) is 7.05 Å². The fourth-order valence-electron chi connectivity index (χ4n) is 2.19. The second-order valence-corrected chi connectivity index (χ2v) is 4.40. The van der Waals surface area contributed by atoms with Gasteiger partial charge in [-0.05, 0) is 19.3 Å². The molecule has 0 aromatic carbocycles. The highest BCUT2D eigenvalue weighted by Gasteiger charge is 2.18. The van der Waals surface area contributed by atoms with Gasteiger partial charge in [0.05, 0.1) is 13.1 Å². The van der Waals surface area contributed by atoms with E-state index in [0.717, 1.165) is 30.5 Å². The zero-order valence-corrected chi connectivity index (χ0v) is 10.5. The van der Waals surface area contributed by atoms with Crippen LogP contribution >= 0.6 is 0 Å². The van der Waals surface area contributed by atoms with Crippen LogP contribution in [-0.2, 0) is 7.05 Å². The lowest BCUT2D eigenvalue weighted by atomic mass is 10.1. The van der Waals surface area contributed by atoms with Crippen molar-refractivity contribution in [2.75, 3.05) is 30.4 Å². The molecule has 0 unspecified atom stereocenters. The third-order valence-corrected chi connectivity index (χ3v) is 3.33. The SMILES string of the molecule is CNc1cc(N2CCCCC2)nc(C)[n+]1C. The van der Waals surface area contributed by atoms with Crippen LogP contribution in [0.4, 0.5) is 11.6 Å². The van der Waals surface area contributed by atoms with Crippen molar-refractivity contribution in [3.63, 3.8) is 0 Å². The van der Waals surface area contributed by atoms with Gasteiger partial charge >= 0.3 is 0 Å². The third kappa shape index (κ3) is 2.10. The number of hydrogen-bond acceptors (Lipinski definition) is 3. The van der Waals surface area contributed by atoms with Gasteiger partial charge in [0.15, 0.2) is 0 Å². The standard InChI is InChI=1S/C12H20N4/c1-10-14-12(9-11(13-2)15(10)3)16-7-5-4-6-8-16/h9H,4-8H2,1-3H3/p+1. The van der Waals surface area contributed by atoms with Crippen LogP contribution in [0.1, 0.15) is 25.1 Å². The predicted octanol–water partition coefficient (Wildman–Crippen LogP) is 1.25. The number of rotatable bonds is 2. The smallest absolute Gasteiger partial charge is 0.237 e. The Labute approximate surface area is 97.3 Å². The minimum atomic E-state index is 1.05. The number of anilines is 2. The first kappa shape index (κ1) is 11.2. The second-order valence-electron chi connectivity index (χ2n) is 4.40. The molecule has 0 atom stereocenters. The van der Waals surface area contributed by atoms with E-state index in [-0.39, 0.29) is 0 Å². The summed E-state index contributed by atoms with van der Waals surface area (Å²) in [7, 11) is 3.99. The summed E-state index contributed by atoms with van der Waals surface area (Å²) in [5.74, 6) is 3.28. The number of hydrogen-bond donors (Lipinski definition) is 1. The van der Waals surface area contributed by atoms with E-state index in [2.05, 4.69) is 25.8 Å². The summed E-state index contributed by atoms with van der Waals surface area (Å²) in [6.45, 7) is 4.33. The van der Waals surface area contributed by atoms with Gasteiger partial charge < -0.3 is 10.2 Å². The van der Waals surface area contributed by atoms with Crippen molar-refractivity contribution in [3.8, 4) is 0 Å².